The minimum Gasteiger partial charge on any atom is -0.406 e. The number of nitrogens with zero attached hydrogens (tertiary/aromatic N) is 2. The van der Waals surface area contributed by atoms with Crippen molar-refractivity contribution in [3.05, 3.63) is 60.2 Å². The maximum Gasteiger partial charge on any atom is 0.573 e. The number of alkyl halides is 3. The number of nitrogens with one attached hydrogen (secondary N) is 2. The molecule has 0 bridgehead atoms. The van der Waals surface area contributed by atoms with Crippen LogP contribution < -0.4 is 15.4 Å². The Morgan fingerprint density at radius 3 is 2.12 bits per heavy atom. The second kappa shape index (κ2) is 12.3. The number of likely N-dealkylation sites (N-methyl/N-ethyl adjacent to an activating group) is 1. The number of urea groups is 1. The molecule has 186 valence electrons. The van der Waals surface area contributed by atoms with Crippen molar-refractivity contribution in [3.8, 4) is 5.75 Å². The van der Waals surface area contributed by atoms with Gasteiger partial charge in [0.2, 0.25) is 5.91 Å². The zero-order chi connectivity index (χ0) is 25.3. The largest absolute Gasteiger partial charge is 0.573 e. The topological polar surface area (TPSA) is 73.9 Å². The van der Waals surface area contributed by atoms with Crippen LogP contribution in [0.3, 0.4) is 0 Å². The van der Waals surface area contributed by atoms with Crippen LogP contribution >= 0.6 is 0 Å². The number of rotatable bonds is 10. The molecule has 2 rings (SSSR count). The summed E-state index contributed by atoms with van der Waals surface area (Å²) in [5.74, 6) is -0.811. The highest BCUT2D eigenvalue weighted by molar-refractivity contribution is 5.93. The number of anilines is 1. The molecule has 0 aromatic heterocycles. The van der Waals surface area contributed by atoms with Crippen LogP contribution in [0.2, 0.25) is 0 Å². The number of amides is 3. The number of carbonyl (C=O) groups is 2. The van der Waals surface area contributed by atoms with Gasteiger partial charge in [-0.3, -0.25) is 4.79 Å². The molecular weight excluding hydrogens is 449 g/mol. The quantitative estimate of drug-likeness (QED) is 0.531. The molecule has 0 fully saturated rings. The lowest BCUT2D eigenvalue weighted by Gasteiger charge is -2.31. The highest BCUT2D eigenvalue weighted by atomic mass is 19.4. The number of hydrogen-bond donors (Lipinski definition) is 2. The van der Waals surface area contributed by atoms with E-state index >= 15 is 0 Å². The number of halogens is 3. The van der Waals surface area contributed by atoms with Gasteiger partial charge in [0.25, 0.3) is 0 Å². The van der Waals surface area contributed by atoms with Gasteiger partial charge in [-0.15, -0.1) is 13.2 Å². The fourth-order valence-electron chi connectivity index (χ4n) is 3.15. The van der Waals surface area contributed by atoms with Gasteiger partial charge in [-0.05, 0) is 49.8 Å². The molecule has 10 heteroatoms. The van der Waals surface area contributed by atoms with Gasteiger partial charge < -0.3 is 25.2 Å². The molecule has 0 heterocycles. The summed E-state index contributed by atoms with van der Waals surface area (Å²) in [5, 5.41) is 5.25. The van der Waals surface area contributed by atoms with Gasteiger partial charge in [0.05, 0.1) is 0 Å². The fraction of sp³-hybridized carbons (Fsp3) is 0.417. The Hall–Kier alpha value is -3.27. The first-order valence-corrected chi connectivity index (χ1v) is 10.9. The van der Waals surface area contributed by atoms with Crippen molar-refractivity contribution in [1.29, 1.82) is 0 Å². The van der Waals surface area contributed by atoms with Crippen LogP contribution in [0, 0.1) is 5.92 Å². The van der Waals surface area contributed by atoms with Crippen molar-refractivity contribution >= 4 is 17.6 Å². The first-order valence-electron chi connectivity index (χ1n) is 10.9. The summed E-state index contributed by atoms with van der Waals surface area (Å²) in [6, 6.07) is 12.9. The highest BCUT2D eigenvalue weighted by Gasteiger charge is 2.31. The monoisotopic (exact) mass is 480 g/mol. The molecule has 0 radical (unpaired) electrons. The van der Waals surface area contributed by atoms with Crippen molar-refractivity contribution in [2.24, 2.45) is 5.92 Å². The number of carbonyl (C=O) groups excluding carboxylic acids is 2. The van der Waals surface area contributed by atoms with Crippen LogP contribution in [0.15, 0.2) is 54.6 Å². The lowest BCUT2D eigenvalue weighted by atomic mass is 10.0. The van der Waals surface area contributed by atoms with E-state index in [4.69, 9.17) is 0 Å². The van der Waals surface area contributed by atoms with E-state index in [9.17, 15) is 22.8 Å². The predicted octanol–water partition coefficient (Wildman–Crippen LogP) is 4.32. The van der Waals surface area contributed by atoms with Crippen LogP contribution in [0.1, 0.15) is 19.4 Å². The summed E-state index contributed by atoms with van der Waals surface area (Å²) in [4.78, 5) is 29.7. The molecule has 0 spiro atoms. The molecule has 0 aliphatic rings. The van der Waals surface area contributed by atoms with E-state index in [1.54, 1.807) is 4.90 Å². The zero-order valence-electron chi connectivity index (χ0n) is 19.7. The van der Waals surface area contributed by atoms with Crippen molar-refractivity contribution in [2.45, 2.75) is 32.8 Å². The molecule has 0 aliphatic carbocycles. The molecule has 7 nitrogen and oxygen atoms in total. The standard InChI is InChI=1S/C24H31F3N4O3/c1-17(2)21(22(32)31(15-14-30(3)4)16-18-8-6-5-7-9-18)29-23(33)28-19-10-12-20(13-11-19)34-24(25,26)27/h5-13,17,21H,14-16H2,1-4H3,(H2,28,29,33). The van der Waals surface area contributed by atoms with Gasteiger partial charge in [-0.1, -0.05) is 44.2 Å². The summed E-state index contributed by atoms with van der Waals surface area (Å²) >= 11 is 0. The smallest absolute Gasteiger partial charge is 0.406 e. The average Bonchev–Trinajstić information content (AvgIpc) is 2.75. The number of ether oxygens (including phenoxy) is 1. The normalized spacial score (nSPS) is 12.4. The SMILES string of the molecule is CC(C)C(NC(=O)Nc1ccc(OC(F)(F)F)cc1)C(=O)N(CCN(C)C)Cc1ccccc1. The Bertz CT molecular complexity index is 919. The summed E-state index contributed by atoms with van der Waals surface area (Å²) in [7, 11) is 3.84. The second-order valence-electron chi connectivity index (χ2n) is 8.44. The summed E-state index contributed by atoms with van der Waals surface area (Å²) in [5.41, 5.74) is 1.23. The molecule has 2 N–H and O–H groups in total. The molecule has 2 aromatic carbocycles. The van der Waals surface area contributed by atoms with Crippen molar-refractivity contribution in [2.75, 3.05) is 32.5 Å². The van der Waals surface area contributed by atoms with Gasteiger partial charge in [0.1, 0.15) is 11.8 Å². The van der Waals surface area contributed by atoms with E-state index in [0.29, 0.717) is 19.6 Å². The van der Waals surface area contributed by atoms with Crippen LogP contribution in [0.25, 0.3) is 0 Å². The average molecular weight is 481 g/mol. The molecule has 2 aromatic rings. The second-order valence-corrected chi connectivity index (χ2v) is 8.44. The van der Waals surface area contributed by atoms with Crippen LogP contribution in [-0.4, -0.2) is 61.3 Å². The first-order chi connectivity index (χ1) is 15.9. The van der Waals surface area contributed by atoms with Gasteiger partial charge in [-0.25, -0.2) is 4.79 Å². The van der Waals surface area contributed by atoms with Crippen molar-refractivity contribution < 1.29 is 27.5 Å². The molecule has 0 aliphatic heterocycles. The zero-order valence-corrected chi connectivity index (χ0v) is 19.7. The molecule has 34 heavy (non-hydrogen) atoms. The number of hydrogen-bond acceptors (Lipinski definition) is 4. The van der Waals surface area contributed by atoms with E-state index in [1.807, 2.05) is 63.2 Å². The summed E-state index contributed by atoms with van der Waals surface area (Å²) in [6.07, 6.45) is -4.80. The molecule has 1 unspecified atom stereocenters. The van der Waals surface area contributed by atoms with Crippen molar-refractivity contribution in [1.82, 2.24) is 15.1 Å². The van der Waals surface area contributed by atoms with Gasteiger partial charge in [0.15, 0.2) is 0 Å². The van der Waals surface area contributed by atoms with Gasteiger partial charge in [-0.2, -0.15) is 0 Å². The Balaban J connectivity index is 2.08. The first kappa shape index (κ1) is 27.0. The van der Waals surface area contributed by atoms with E-state index < -0.39 is 24.2 Å². The van der Waals surface area contributed by atoms with E-state index in [-0.39, 0.29) is 17.5 Å². The molecule has 1 atom stereocenters. The van der Waals surface area contributed by atoms with Gasteiger partial charge >= 0.3 is 12.4 Å². The molecular formula is C24H31F3N4O3. The lowest BCUT2D eigenvalue weighted by molar-refractivity contribution is -0.274. The fourth-order valence-corrected chi connectivity index (χ4v) is 3.15. The summed E-state index contributed by atoms with van der Waals surface area (Å²) in [6.45, 7) is 5.20. The third-order valence-electron chi connectivity index (χ3n) is 4.91. The predicted molar refractivity (Wildman–Crippen MR) is 124 cm³/mol. The van der Waals surface area contributed by atoms with Crippen LogP contribution in [0.4, 0.5) is 23.7 Å². The van der Waals surface area contributed by atoms with E-state index in [2.05, 4.69) is 15.4 Å². The van der Waals surface area contributed by atoms with Crippen LogP contribution in [0.5, 0.6) is 5.75 Å². The highest BCUT2D eigenvalue weighted by Crippen LogP contribution is 2.24. The molecule has 0 saturated carbocycles. The molecule has 3 amide bonds. The Labute approximate surface area is 197 Å². The van der Waals surface area contributed by atoms with Crippen LogP contribution in [-0.2, 0) is 11.3 Å². The Morgan fingerprint density at radius 2 is 1.59 bits per heavy atom. The third kappa shape index (κ3) is 9.30. The third-order valence-corrected chi connectivity index (χ3v) is 4.91. The minimum absolute atomic E-state index is 0.196. The maximum atomic E-state index is 13.4. The molecule has 0 saturated heterocycles. The summed E-state index contributed by atoms with van der Waals surface area (Å²) < 4.78 is 40.7. The minimum atomic E-state index is -4.80. The Kier molecular flexibility index (Phi) is 9.73. The Morgan fingerprint density at radius 1 is 0.971 bits per heavy atom. The lowest BCUT2D eigenvalue weighted by Crippen LogP contribution is -2.53. The van der Waals surface area contributed by atoms with E-state index in [0.717, 1.165) is 17.7 Å². The van der Waals surface area contributed by atoms with E-state index in [1.165, 1.54) is 12.1 Å². The maximum absolute atomic E-state index is 13.4. The number of benzene rings is 2. The van der Waals surface area contributed by atoms with Gasteiger partial charge in [0, 0.05) is 25.3 Å². The van der Waals surface area contributed by atoms with Crippen molar-refractivity contribution in [3.63, 3.8) is 0 Å².